The van der Waals surface area contributed by atoms with Crippen LogP contribution < -0.4 is 10.6 Å². The molecule has 2 aliphatic heterocycles. The van der Waals surface area contributed by atoms with E-state index in [2.05, 4.69) is 26.2 Å². The molecule has 5 rings (SSSR count). The zero-order chi connectivity index (χ0) is 29.3. The number of β-lactam (4-membered cyclic amide) rings is 1. The minimum atomic E-state index is -1.23. The van der Waals surface area contributed by atoms with Crippen molar-refractivity contribution in [1.29, 1.82) is 0 Å². The molecule has 0 radical (unpaired) electrons. The molecule has 1 fully saturated rings. The molecule has 3 amide bonds. The molecule has 214 valence electrons. The Morgan fingerprint density at radius 3 is 2.66 bits per heavy atom. The maximum atomic E-state index is 13.5. The molecule has 13 nitrogen and oxygen atoms in total. The molecule has 3 N–H and O–H groups in total. The van der Waals surface area contributed by atoms with E-state index in [-0.39, 0.29) is 18.0 Å². The highest BCUT2D eigenvalue weighted by molar-refractivity contribution is 8.01. The molecule has 0 spiro atoms. The van der Waals surface area contributed by atoms with Gasteiger partial charge in [0.2, 0.25) is 17.0 Å². The number of hydrogen-bond donors (Lipinski definition) is 3. The van der Waals surface area contributed by atoms with Crippen molar-refractivity contribution in [2.75, 3.05) is 11.5 Å². The summed E-state index contributed by atoms with van der Waals surface area (Å²) in [5.74, 6) is -2.12. The fourth-order valence-electron chi connectivity index (χ4n) is 4.42. The average Bonchev–Trinajstić information content (AvgIpc) is 3.52. The number of tetrazole rings is 1. The number of rotatable bonds is 10. The van der Waals surface area contributed by atoms with Crippen molar-refractivity contribution in [2.45, 2.75) is 36.1 Å². The van der Waals surface area contributed by atoms with Crippen LogP contribution in [-0.4, -0.2) is 81.4 Å². The molecule has 0 aliphatic carbocycles. The maximum absolute atomic E-state index is 13.5. The van der Waals surface area contributed by atoms with Gasteiger partial charge in [-0.25, -0.2) is 9.48 Å². The fourth-order valence-corrected chi connectivity index (χ4v) is 7.84. The number of aryl methyl sites for hydroxylation is 2. The predicted octanol–water partition coefficient (Wildman–Crippen LogP) is 1.50. The third kappa shape index (κ3) is 5.93. The zero-order valence-electron chi connectivity index (χ0n) is 21.7. The van der Waals surface area contributed by atoms with Crippen molar-refractivity contribution in [1.82, 2.24) is 40.3 Å². The lowest BCUT2D eigenvalue weighted by atomic mass is 10.0. The Balaban J connectivity index is 1.30. The van der Waals surface area contributed by atoms with Gasteiger partial charge in [0.1, 0.15) is 29.7 Å². The van der Waals surface area contributed by atoms with E-state index in [0.29, 0.717) is 26.0 Å². The number of carbonyl (C=O) groups excluding carboxylic acids is 3. The van der Waals surface area contributed by atoms with Crippen LogP contribution in [0.2, 0.25) is 0 Å². The molecule has 0 bridgehead atoms. The van der Waals surface area contributed by atoms with Crippen LogP contribution in [0, 0.1) is 10.9 Å². The molecular formula is C24H24N8O5S4. The number of carboxylic acid groups (broad SMARTS) is 1. The van der Waals surface area contributed by atoms with Gasteiger partial charge in [0, 0.05) is 29.6 Å². The van der Waals surface area contributed by atoms with Gasteiger partial charge in [-0.1, -0.05) is 42.1 Å². The Morgan fingerprint density at radius 2 is 2.02 bits per heavy atom. The summed E-state index contributed by atoms with van der Waals surface area (Å²) in [6.07, 6.45) is 0. The second-order valence-corrected chi connectivity index (χ2v) is 12.7. The van der Waals surface area contributed by atoms with E-state index in [1.54, 1.807) is 41.9 Å². The summed E-state index contributed by atoms with van der Waals surface area (Å²) in [5, 5.41) is 28.5. The largest absolute Gasteiger partial charge is 0.477 e. The molecular weight excluding hydrogens is 609 g/mol. The first-order valence-corrected chi connectivity index (χ1v) is 15.5. The van der Waals surface area contributed by atoms with Crippen molar-refractivity contribution in [2.24, 2.45) is 7.05 Å². The van der Waals surface area contributed by atoms with Crippen molar-refractivity contribution in [3.63, 3.8) is 0 Å². The maximum Gasteiger partial charge on any atom is 0.352 e. The van der Waals surface area contributed by atoms with Gasteiger partial charge >= 0.3 is 5.97 Å². The number of thiazole rings is 1. The zero-order valence-corrected chi connectivity index (χ0v) is 25.0. The van der Waals surface area contributed by atoms with Gasteiger partial charge < -0.3 is 20.3 Å². The molecule has 41 heavy (non-hydrogen) atoms. The highest BCUT2D eigenvalue weighted by Gasteiger charge is 2.54. The van der Waals surface area contributed by atoms with Gasteiger partial charge in [0.05, 0.1) is 0 Å². The summed E-state index contributed by atoms with van der Waals surface area (Å²) >= 11 is 9.27. The predicted molar refractivity (Wildman–Crippen MR) is 154 cm³/mol. The molecule has 3 atom stereocenters. The number of thioether (sulfide) groups is 2. The quantitative estimate of drug-likeness (QED) is 0.169. The van der Waals surface area contributed by atoms with Crippen molar-refractivity contribution in [3.8, 4) is 0 Å². The van der Waals surface area contributed by atoms with Crippen LogP contribution in [0.5, 0.6) is 0 Å². The summed E-state index contributed by atoms with van der Waals surface area (Å²) in [7, 11) is 1.68. The fraction of sp³-hybridized carbons (Fsp3) is 0.333. The first-order chi connectivity index (χ1) is 19.7. The van der Waals surface area contributed by atoms with Crippen molar-refractivity contribution in [3.05, 3.63) is 62.2 Å². The molecule has 3 aromatic rings. The van der Waals surface area contributed by atoms with E-state index in [1.165, 1.54) is 44.4 Å². The van der Waals surface area contributed by atoms with Gasteiger partial charge in [-0.3, -0.25) is 19.3 Å². The van der Waals surface area contributed by atoms with Crippen LogP contribution in [0.3, 0.4) is 0 Å². The summed E-state index contributed by atoms with van der Waals surface area (Å²) < 4.78 is 3.70. The minimum absolute atomic E-state index is 0.0582. The molecule has 2 aromatic heterocycles. The van der Waals surface area contributed by atoms with E-state index in [9.17, 15) is 24.3 Å². The number of nitrogens with zero attached hydrogens (tertiary/aromatic N) is 6. The van der Waals surface area contributed by atoms with Gasteiger partial charge in [0.25, 0.3) is 5.91 Å². The van der Waals surface area contributed by atoms with Crippen molar-refractivity contribution >= 4 is 70.8 Å². The van der Waals surface area contributed by atoms with Crippen LogP contribution in [0.1, 0.15) is 17.3 Å². The first kappa shape index (κ1) is 29.0. The molecule has 1 saturated heterocycles. The molecule has 1 unspecified atom stereocenters. The second-order valence-electron chi connectivity index (χ2n) is 9.17. The molecule has 0 saturated carbocycles. The number of fused-ring (bicyclic) bond motifs is 1. The van der Waals surface area contributed by atoms with Gasteiger partial charge in [-0.05, 0) is 40.7 Å². The number of hydrogen-bond acceptors (Lipinski definition) is 11. The van der Waals surface area contributed by atoms with E-state index in [1.807, 2.05) is 12.3 Å². The van der Waals surface area contributed by atoms with Crippen molar-refractivity contribution < 1.29 is 24.3 Å². The van der Waals surface area contributed by atoms with E-state index >= 15 is 0 Å². The lowest BCUT2D eigenvalue weighted by molar-refractivity contribution is -0.151. The standard InChI is InChI=1S/C24H24N8O5S4/c1-12-9-41-24(38)31(12)8-15(33)25-16(13-6-4-3-5-7-13)19(34)26-17-20(35)32-18(22(36)37)14(10-39-21(17)32)11-40-23-27-28-29-30(23)2/h3-7,9,16-17,21H,8,10-11H2,1-2H3,(H,25,33)(H,26,34)(H,36,37)/t16-,17?,21-/m1/s1. The normalized spacial score (nSPS) is 18.9. The van der Waals surface area contributed by atoms with E-state index < -0.39 is 41.1 Å². The Bertz CT molecular complexity index is 1600. The summed E-state index contributed by atoms with van der Waals surface area (Å²) in [6.45, 7) is 1.78. The van der Waals surface area contributed by atoms with Gasteiger partial charge in [-0.2, -0.15) is 0 Å². The van der Waals surface area contributed by atoms with Crippen LogP contribution in [0.25, 0.3) is 0 Å². The third-order valence-corrected chi connectivity index (χ3v) is 10.3. The average molecular weight is 633 g/mol. The van der Waals surface area contributed by atoms with Gasteiger partial charge in [-0.15, -0.1) is 28.2 Å². The molecule has 17 heteroatoms. The van der Waals surface area contributed by atoms with Crippen LogP contribution in [-0.2, 0) is 32.8 Å². The minimum Gasteiger partial charge on any atom is -0.477 e. The number of aromatic nitrogens is 5. The highest BCUT2D eigenvalue weighted by atomic mass is 32.2. The Hall–Kier alpha value is -3.54. The third-order valence-electron chi connectivity index (χ3n) is 6.48. The second kappa shape index (κ2) is 12.1. The van der Waals surface area contributed by atoms with Crippen LogP contribution >= 0.6 is 47.1 Å². The Labute approximate surface area is 251 Å². The summed E-state index contributed by atoms with van der Waals surface area (Å²) in [4.78, 5) is 53.1. The smallest absolute Gasteiger partial charge is 0.352 e. The lowest BCUT2D eigenvalue weighted by Crippen LogP contribution is -2.71. The monoisotopic (exact) mass is 632 g/mol. The number of aliphatic carboxylic acids is 1. The number of benzene rings is 1. The number of carboxylic acids is 1. The molecule has 4 heterocycles. The SMILES string of the molecule is Cc1csc(=S)n1CC(=O)N[C@@H](C(=O)NC1C(=O)N2C(C(=O)O)=C(CSc3nnnn3C)CS[C@H]12)c1ccccc1. The van der Waals surface area contributed by atoms with Gasteiger partial charge in [0.15, 0.2) is 3.95 Å². The number of carbonyl (C=O) groups is 4. The lowest BCUT2D eigenvalue weighted by Gasteiger charge is -2.49. The van der Waals surface area contributed by atoms with Crippen LogP contribution in [0.15, 0.2) is 52.1 Å². The number of nitrogens with one attached hydrogen (secondary N) is 2. The summed E-state index contributed by atoms with van der Waals surface area (Å²) in [5.41, 5.74) is 1.83. The topological polar surface area (TPSA) is 164 Å². The Kier molecular flexibility index (Phi) is 8.58. The Morgan fingerprint density at radius 1 is 1.27 bits per heavy atom. The first-order valence-electron chi connectivity index (χ1n) is 12.2. The summed E-state index contributed by atoms with van der Waals surface area (Å²) in [6, 6.07) is 6.67. The van der Waals surface area contributed by atoms with Crippen LogP contribution in [0.4, 0.5) is 0 Å². The van der Waals surface area contributed by atoms with E-state index in [0.717, 1.165) is 5.69 Å². The highest BCUT2D eigenvalue weighted by Crippen LogP contribution is 2.41. The number of amides is 3. The van der Waals surface area contributed by atoms with E-state index in [4.69, 9.17) is 12.2 Å². The molecule has 1 aromatic carbocycles. The molecule has 2 aliphatic rings.